The maximum Gasteiger partial charge on any atom is 0.352 e. The van der Waals surface area contributed by atoms with Crippen LogP contribution in [0, 0.1) is 6.92 Å². The van der Waals surface area contributed by atoms with Gasteiger partial charge in [0.2, 0.25) is 0 Å². The number of aryl methyl sites for hydroxylation is 1. The van der Waals surface area contributed by atoms with E-state index < -0.39 is 17.7 Å². The number of hydrogen-bond donors (Lipinski definition) is 1. The van der Waals surface area contributed by atoms with Crippen LogP contribution in [0.4, 0.5) is 0 Å². The minimum atomic E-state index is -3.86. The Morgan fingerprint density at radius 1 is 1.21 bits per heavy atom. The first kappa shape index (κ1) is 16.3. The van der Waals surface area contributed by atoms with Crippen LogP contribution in [0.15, 0.2) is 29.2 Å². The molecule has 1 aromatic carbocycles. The van der Waals surface area contributed by atoms with Crippen molar-refractivity contribution in [3.8, 4) is 0 Å². The van der Waals surface area contributed by atoms with Crippen molar-refractivity contribution in [1.29, 1.82) is 0 Å². The van der Waals surface area contributed by atoms with Crippen molar-refractivity contribution in [3.63, 3.8) is 0 Å². The van der Waals surface area contributed by atoms with Gasteiger partial charge in [0.15, 0.2) is 0 Å². The monoisotopic (exact) mass is 310 g/mol. The van der Waals surface area contributed by atoms with Crippen molar-refractivity contribution in [3.05, 3.63) is 29.8 Å². The zero-order chi connectivity index (χ0) is 14.5. The van der Waals surface area contributed by atoms with Crippen LogP contribution >= 0.6 is 7.60 Å². The van der Waals surface area contributed by atoms with E-state index in [0.29, 0.717) is 0 Å². The quantitative estimate of drug-likeness (QED) is 0.267. The summed E-state index contributed by atoms with van der Waals surface area (Å²) in [7, 11) is -7.60. The van der Waals surface area contributed by atoms with Crippen LogP contribution in [0.5, 0.6) is 0 Å². The van der Waals surface area contributed by atoms with Crippen LogP contribution in [0.1, 0.15) is 5.56 Å². The predicted octanol–water partition coefficient (Wildman–Crippen LogP) is 1.46. The van der Waals surface area contributed by atoms with E-state index in [1.54, 1.807) is 12.1 Å². The van der Waals surface area contributed by atoms with Gasteiger partial charge in [-0.25, -0.2) is 4.89 Å². The Morgan fingerprint density at radius 3 is 2.32 bits per heavy atom. The van der Waals surface area contributed by atoms with Gasteiger partial charge in [-0.15, -0.1) is 4.67 Å². The third-order valence-corrected chi connectivity index (χ3v) is 3.61. The standard InChI is InChI=1S/C10H15O7PS/c1-9-3-5-10(6-4-9)19(13,14)16-8-7-15-17-18(2,11)12/h3-6H,7-8H2,1-2H3,(H,11,12). The molecular weight excluding hydrogens is 295 g/mol. The minimum absolute atomic E-state index is 0.0299. The van der Waals surface area contributed by atoms with Crippen molar-refractivity contribution in [2.75, 3.05) is 19.9 Å². The molecule has 0 fully saturated rings. The van der Waals surface area contributed by atoms with Gasteiger partial charge in [-0.05, 0) is 19.1 Å². The largest absolute Gasteiger partial charge is 0.352 e. The molecule has 1 atom stereocenters. The predicted molar refractivity (Wildman–Crippen MR) is 67.1 cm³/mol. The van der Waals surface area contributed by atoms with Crippen LogP contribution < -0.4 is 0 Å². The fraction of sp³-hybridized carbons (Fsp3) is 0.400. The van der Waals surface area contributed by atoms with Gasteiger partial charge < -0.3 is 4.89 Å². The van der Waals surface area contributed by atoms with Crippen molar-refractivity contribution in [2.45, 2.75) is 11.8 Å². The van der Waals surface area contributed by atoms with E-state index in [-0.39, 0.29) is 18.1 Å². The van der Waals surface area contributed by atoms with Crippen LogP contribution in [0.2, 0.25) is 0 Å². The summed E-state index contributed by atoms with van der Waals surface area (Å²) in [6.45, 7) is 2.16. The van der Waals surface area contributed by atoms with Crippen LogP contribution in [-0.2, 0) is 28.4 Å². The summed E-state index contributed by atoms with van der Waals surface area (Å²) in [5.74, 6) is 0. The molecule has 0 aliphatic carbocycles. The molecule has 0 radical (unpaired) electrons. The van der Waals surface area contributed by atoms with Gasteiger partial charge in [-0.3, -0.25) is 8.75 Å². The Bertz CT molecular complexity index is 546. The Hall–Kier alpha value is -0.760. The van der Waals surface area contributed by atoms with Gasteiger partial charge >= 0.3 is 7.60 Å². The zero-order valence-corrected chi connectivity index (χ0v) is 12.2. The van der Waals surface area contributed by atoms with E-state index in [4.69, 9.17) is 4.89 Å². The van der Waals surface area contributed by atoms with Gasteiger partial charge in [0.1, 0.15) is 6.61 Å². The van der Waals surface area contributed by atoms with Gasteiger partial charge in [0, 0.05) is 6.66 Å². The highest BCUT2D eigenvalue weighted by Crippen LogP contribution is 2.36. The average Bonchev–Trinajstić information content (AvgIpc) is 2.27. The van der Waals surface area contributed by atoms with E-state index in [0.717, 1.165) is 12.2 Å². The second kappa shape index (κ2) is 6.60. The normalized spacial score (nSPS) is 15.1. The van der Waals surface area contributed by atoms with Crippen molar-refractivity contribution in [1.82, 2.24) is 0 Å². The van der Waals surface area contributed by atoms with E-state index in [1.807, 2.05) is 6.92 Å². The lowest BCUT2D eigenvalue weighted by atomic mass is 10.2. The Labute approximate surface area is 111 Å². The van der Waals surface area contributed by atoms with Crippen LogP contribution in [0.25, 0.3) is 0 Å². The summed E-state index contributed by atoms with van der Waals surface area (Å²) in [5.41, 5.74) is 0.928. The fourth-order valence-electron chi connectivity index (χ4n) is 1.09. The maximum atomic E-state index is 11.7. The summed E-state index contributed by atoms with van der Waals surface area (Å²) >= 11 is 0. The second-order valence-electron chi connectivity index (χ2n) is 3.79. The number of rotatable bonds is 7. The molecule has 0 aliphatic rings. The third kappa shape index (κ3) is 6.29. The highest BCUT2D eigenvalue weighted by molar-refractivity contribution is 7.86. The minimum Gasteiger partial charge on any atom is -0.323 e. The van der Waals surface area contributed by atoms with E-state index in [9.17, 15) is 13.0 Å². The van der Waals surface area contributed by atoms with Crippen LogP contribution in [0.3, 0.4) is 0 Å². The molecule has 0 saturated heterocycles. The first-order valence-corrected chi connectivity index (χ1v) is 8.71. The smallest absolute Gasteiger partial charge is 0.323 e. The summed E-state index contributed by atoms with van der Waals surface area (Å²) in [5, 5.41) is 0. The summed E-state index contributed by atoms with van der Waals surface area (Å²) in [4.78, 5) is 13.1. The number of hydrogen-bond acceptors (Lipinski definition) is 6. The summed E-state index contributed by atoms with van der Waals surface area (Å²) in [6.07, 6.45) is 0. The van der Waals surface area contributed by atoms with Gasteiger partial charge in [0.25, 0.3) is 10.1 Å². The van der Waals surface area contributed by atoms with E-state index in [1.165, 1.54) is 12.1 Å². The lowest BCUT2D eigenvalue weighted by Crippen LogP contribution is -2.11. The zero-order valence-electron chi connectivity index (χ0n) is 10.5. The molecule has 0 amide bonds. The molecule has 0 aromatic heterocycles. The Balaban J connectivity index is 2.44. The molecule has 1 aromatic rings. The third-order valence-electron chi connectivity index (χ3n) is 1.91. The molecule has 9 heteroatoms. The van der Waals surface area contributed by atoms with E-state index in [2.05, 4.69) is 13.7 Å². The highest BCUT2D eigenvalue weighted by atomic mass is 32.2. The Kier molecular flexibility index (Phi) is 5.66. The molecule has 0 spiro atoms. The summed E-state index contributed by atoms with van der Waals surface area (Å²) < 4.78 is 42.8. The molecule has 0 saturated carbocycles. The molecule has 108 valence electrons. The first-order valence-electron chi connectivity index (χ1n) is 5.28. The molecule has 1 N–H and O–H groups in total. The van der Waals surface area contributed by atoms with Crippen molar-refractivity contribution < 1.29 is 31.6 Å². The van der Waals surface area contributed by atoms with Gasteiger partial charge in [-0.2, -0.15) is 8.42 Å². The topological polar surface area (TPSA) is 99.1 Å². The number of benzene rings is 1. The lowest BCUT2D eigenvalue weighted by molar-refractivity contribution is -0.215. The van der Waals surface area contributed by atoms with Crippen molar-refractivity contribution >= 4 is 17.7 Å². The molecule has 19 heavy (non-hydrogen) atoms. The van der Waals surface area contributed by atoms with Gasteiger partial charge in [0.05, 0.1) is 11.5 Å². The molecule has 0 bridgehead atoms. The molecule has 1 unspecified atom stereocenters. The molecule has 0 aliphatic heterocycles. The first-order chi connectivity index (χ1) is 8.71. The average molecular weight is 310 g/mol. The molecule has 0 heterocycles. The molecule has 7 nitrogen and oxygen atoms in total. The molecule has 1 rings (SSSR count). The van der Waals surface area contributed by atoms with Crippen molar-refractivity contribution in [2.24, 2.45) is 0 Å². The molecular formula is C10H15O7PS. The highest BCUT2D eigenvalue weighted by Gasteiger charge is 2.15. The fourth-order valence-corrected chi connectivity index (χ4v) is 2.25. The van der Waals surface area contributed by atoms with E-state index >= 15 is 0 Å². The maximum absolute atomic E-state index is 11.7. The second-order valence-corrected chi connectivity index (χ2v) is 7.16. The van der Waals surface area contributed by atoms with Gasteiger partial charge in [-0.1, -0.05) is 17.7 Å². The lowest BCUT2D eigenvalue weighted by Gasteiger charge is -2.07. The van der Waals surface area contributed by atoms with Crippen LogP contribution in [-0.4, -0.2) is 33.2 Å². The summed E-state index contributed by atoms with van der Waals surface area (Å²) in [6, 6.07) is 6.15. The Morgan fingerprint density at radius 2 is 1.79 bits per heavy atom. The SMILES string of the molecule is Cc1ccc(S(=O)(=O)OCCOOP(C)(=O)O)cc1.